The van der Waals surface area contributed by atoms with Crippen molar-refractivity contribution < 1.29 is 29.2 Å². The highest BCUT2D eigenvalue weighted by molar-refractivity contribution is 5.79. The minimum atomic E-state index is 0. The largest absolute Gasteiger partial charge is 1.00 e. The van der Waals surface area contributed by atoms with Crippen molar-refractivity contribution in [2.75, 3.05) is 21.1 Å². The third-order valence-corrected chi connectivity index (χ3v) is 1.87. The molecule has 3 nitrogen and oxygen atoms in total. The molecule has 0 fully saturated rings. The highest BCUT2D eigenvalue weighted by Gasteiger charge is 2.10. The summed E-state index contributed by atoms with van der Waals surface area (Å²) in [5.41, 5.74) is 2.12. The molecule has 0 unspecified atom stereocenters. The second kappa shape index (κ2) is 5.31. The van der Waals surface area contributed by atoms with Crippen molar-refractivity contribution in [3.63, 3.8) is 0 Å². The molecule has 0 aliphatic rings. The Hall–Kier alpha value is -0.620. The van der Waals surface area contributed by atoms with Crippen molar-refractivity contribution in [2.24, 2.45) is 5.16 Å². The second-order valence-electron chi connectivity index (χ2n) is 3.85. The number of oxime groups is 1. The Kier molecular flexibility index (Phi) is 5.07. The molecule has 14 heavy (non-hydrogen) atoms. The van der Waals surface area contributed by atoms with Crippen molar-refractivity contribution in [2.45, 2.75) is 0 Å². The lowest BCUT2D eigenvalue weighted by molar-refractivity contribution is -0.00000379. The van der Waals surface area contributed by atoms with Gasteiger partial charge >= 0.3 is 0 Å². The molecule has 0 atom stereocenters. The molecule has 78 valence electrons. The summed E-state index contributed by atoms with van der Waals surface area (Å²) in [5, 5.41) is 11.3. The van der Waals surface area contributed by atoms with Gasteiger partial charge in [-0.1, -0.05) is 5.16 Å². The van der Waals surface area contributed by atoms with E-state index in [-0.39, 0.29) is 24.0 Å². The van der Waals surface area contributed by atoms with Crippen molar-refractivity contribution in [1.82, 2.24) is 4.48 Å². The van der Waals surface area contributed by atoms with Crippen LogP contribution in [0.4, 0.5) is 5.69 Å². The number of quaternary nitrogens is 1. The maximum Gasteiger partial charge on any atom is 0.132 e. The van der Waals surface area contributed by atoms with E-state index in [1.54, 1.807) is 0 Å². The van der Waals surface area contributed by atoms with E-state index in [1.807, 2.05) is 24.3 Å². The molecule has 0 saturated heterocycles. The third-order valence-electron chi connectivity index (χ3n) is 1.87. The number of hydrogen-bond acceptors (Lipinski definition) is 2. The average molecular weight is 306 g/mol. The molecule has 0 aromatic heterocycles. The first-order valence-electron chi connectivity index (χ1n) is 4.13. The van der Waals surface area contributed by atoms with Gasteiger partial charge in [-0.15, -0.1) is 0 Å². The van der Waals surface area contributed by atoms with Gasteiger partial charge in [0.05, 0.1) is 27.4 Å². The summed E-state index contributed by atoms with van der Waals surface area (Å²) in [4.78, 5) is 0. The monoisotopic (exact) mass is 306 g/mol. The van der Waals surface area contributed by atoms with Crippen LogP contribution in [0.5, 0.6) is 0 Å². The van der Waals surface area contributed by atoms with E-state index in [9.17, 15) is 0 Å². The van der Waals surface area contributed by atoms with Gasteiger partial charge in [0.2, 0.25) is 0 Å². The van der Waals surface area contributed by atoms with Crippen LogP contribution in [0.3, 0.4) is 0 Å². The lowest BCUT2D eigenvalue weighted by Gasteiger charge is -2.23. The standard InChI is InChI=1S/C10H14N2O.HI/c1-12(2,3)10-6-4-9(5-7-10)8-11-13;/h4-8H,1-3H3;1H/b11-8-;. The Morgan fingerprint density at radius 2 is 1.64 bits per heavy atom. The second-order valence-corrected chi connectivity index (χ2v) is 3.85. The van der Waals surface area contributed by atoms with Gasteiger partial charge in [0.15, 0.2) is 0 Å². The SMILES string of the molecule is C[N+](C)(C)c1ccc(/C=N\O)cc1.[I-]. The summed E-state index contributed by atoms with van der Waals surface area (Å²) in [7, 11) is 6.32. The van der Waals surface area contributed by atoms with Crippen molar-refractivity contribution in [3.05, 3.63) is 29.8 Å². The van der Waals surface area contributed by atoms with Crippen LogP contribution in [0.15, 0.2) is 29.4 Å². The fourth-order valence-electron chi connectivity index (χ4n) is 1.07. The molecule has 0 aliphatic heterocycles. The Labute approximate surface area is 102 Å². The minimum Gasteiger partial charge on any atom is -1.00 e. The first kappa shape index (κ1) is 13.4. The number of rotatable bonds is 2. The van der Waals surface area contributed by atoms with Crippen LogP contribution in [0, 0.1) is 0 Å². The molecular formula is C10H15IN2O. The number of halogens is 1. The molecule has 0 saturated carbocycles. The van der Waals surface area contributed by atoms with E-state index in [0.29, 0.717) is 0 Å². The smallest absolute Gasteiger partial charge is 0.132 e. The predicted molar refractivity (Wildman–Crippen MR) is 55.4 cm³/mol. The Bertz CT molecular complexity index is 301. The molecule has 1 N–H and O–H groups in total. The van der Waals surface area contributed by atoms with Crippen molar-refractivity contribution in [3.8, 4) is 0 Å². The zero-order valence-corrected chi connectivity index (χ0v) is 10.8. The molecule has 0 amide bonds. The van der Waals surface area contributed by atoms with Gasteiger partial charge in [0.1, 0.15) is 5.69 Å². The normalized spacial score (nSPS) is 11.4. The van der Waals surface area contributed by atoms with Crippen LogP contribution in [0.25, 0.3) is 0 Å². The summed E-state index contributed by atoms with van der Waals surface area (Å²) in [6.45, 7) is 0. The molecule has 0 aliphatic carbocycles. The van der Waals surface area contributed by atoms with Gasteiger partial charge in [-0.2, -0.15) is 0 Å². The molecule has 4 heteroatoms. The lowest BCUT2D eigenvalue weighted by atomic mass is 10.2. The fraction of sp³-hybridized carbons (Fsp3) is 0.300. The minimum absolute atomic E-state index is 0. The van der Waals surface area contributed by atoms with Crippen LogP contribution in [0.2, 0.25) is 0 Å². The zero-order valence-electron chi connectivity index (χ0n) is 8.61. The summed E-state index contributed by atoms with van der Waals surface area (Å²) < 4.78 is 0.788. The van der Waals surface area contributed by atoms with Crippen LogP contribution in [0.1, 0.15) is 5.56 Å². The predicted octanol–water partition coefficient (Wildman–Crippen LogP) is -1.30. The molecule has 0 bridgehead atoms. The topological polar surface area (TPSA) is 32.6 Å². The average Bonchev–Trinajstić information content (AvgIpc) is 2.04. The number of hydrogen-bond donors (Lipinski definition) is 1. The van der Waals surface area contributed by atoms with E-state index in [2.05, 4.69) is 26.3 Å². The molecule has 1 aromatic rings. The molecule has 0 radical (unpaired) electrons. The van der Waals surface area contributed by atoms with Crippen molar-refractivity contribution >= 4 is 11.9 Å². The van der Waals surface area contributed by atoms with Crippen LogP contribution in [-0.4, -0.2) is 32.6 Å². The summed E-state index contributed by atoms with van der Waals surface area (Å²) in [6.07, 6.45) is 1.42. The van der Waals surface area contributed by atoms with Gasteiger partial charge in [0, 0.05) is 0 Å². The third kappa shape index (κ3) is 3.63. The summed E-state index contributed by atoms with van der Waals surface area (Å²) in [6, 6.07) is 7.91. The first-order chi connectivity index (χ1) is 6.04. The van der Waals surface area contributed by atoms with E-state index in [0.717, 1.165) is 10.0 Å². The van der Waals surface area contributed by atoms with Gasteiger partial charge in [-0.05, 0) is 29.8 Å². The highest BCUT2D eigenvalue weighted by atomic mass is 127. The quantitative estimate of drug-likeness (QED) is 0.238. The van der Waals surface area contributed by atoms with Crippen LogP contribution >= 0.6 is 0 Å². The first-order valence-corrected chi connectivity index (χ1v) is 4.13. The van der Waals surface area contributed by atoms with Gasteiger partial charge in [0.25, 0.3) is 0 Å². The van der Waals surface area contributed by atoms with Crippen LogP contribution < -0.4 is 28.5 Å². The number of benzene rings is 1. The summed E-state index contributed by atoms with van der Waals surface area (Å²) in [5.74, 6) is 0. The van der Waals surface area contributed by atoms with E-state index in [1.165, 1.54) is 11.9 Å². The molecular weight excluding hydrogens is 291 g/mol. The Morgan fingerprint density at radius 3 is 2.00 bits per heavy atom. The van der Waals surface area contributed by atoms with Gasteiger partial charge in [-0.3, -0.25) is 4.48 Å². The summed E-state index contributed by atoms with van der Waals surface area (Å²) >= 11 is 0. The molecule has 0 heterocycles. The van der Waals surface area contributed by atoms with E-state index < -0.39 is 0 Å². The maximum atomic E-state index is 8.31. The van der Waals surface area contributed by atoms with E-state index in [4.69, 9.17) is 5.21 Å². The lowest BCUT2D eigenvalue weighted by Crippen LogP contribution is -3.00. The van der Waals surface area contributed by atoms with Crippen molar-refractivity contribution in [1.29, 1.82) is 0 Å². The zero-order chi connectivity index (χ0) is 9.90. The van der Waals surface area contributed by atoms with Gasteiger partial charge < -0.3 is 29.2 Å². The number of nitrogens with zero attached hydrogens (tertiary/aromatic N) is 2. The highest BCUT2D eigenvalue weighted by Crippen LogP contribution is 2.16. The molecule has 1 aromatic carbocycles. The Morgan fingerprint density at radius 1 is 1.14 bits per heavy atom. The molecule has 1 rings (SSSR count). The van der Waals surface area contributed by atoms with E-state index >= 15 is 0 Å². The maximum absolute atomic E-state index is 8.31. The fourth-order valence-corrected chi connectivity index (χ4v) is 1.07. The van der Waals surface area contributed by atoms with Crippen LogP contribution in [-0.2, 0) is 0 Å². The Balaban J connectivity index is 0.00000169. The van der Waals surface area contributed by atoms with Gasteiger partial charge in [-0.25, -0.2) is 0 Å². The molecule has 0 spiro atoms.